The van der Waals surface area contributed by atoms with Crippen molar-refractivity contribution in [3.05, 3.63) is 32.8 Å². The molecule has 5 nitrogen and oxygen atoms in total. The van der Waals surface area contributed by atoms with Gasteiger partial charge in [-0.25, -0.2) is 4.98 Å². The van der Waals surface area contributed by atoms with Crippen LogP contribution in [-0.2, 0) is 13.0 Å². The maximum atomic E-state index is 12.0. The molecular formula is C14H19BrN4O. The molecule has 108 valence electrons. The van der Waals surface area contributed by atoms with Crippen molar-refractivity contribution in [3.8, 4) is 11.5 Å². The lowest BCUT2D eigenvalue weighted by Gasteiger charge is -2.10. The molecule has 2 aromatic heterocycles. The second-order valence-corrected chi connectivity index (χ2v) is 6.01. The van der Waals surface area contributed by atoms with Crippen LogP contribution in [0.2, 0.25) is 0 Å². The Bertz CT molecular complexity index is 645. The van der Waals surface area contributed by atoms with Crippen molar-refractivity contribution in [2.75, 3.05) is 0 Å². The zero-order valence-corrected chi connectivity index (χ0v) is 13.6. The number of aromatic nitrogens is 4. The molecule has 0 amide bonds. The van der Waals surface area contributed by atoms with E-state index >= 15 is 0 Å². The Balaban J connectivity index is 2.49. The average molecular weight is 339 g/mol. The number of H-pyrrole nitrogens is 1. The lowest BCUT2D eigenvalue weighted by molar-refractivity contribution is 0.604. The van der Waals surface area contributed by atoms with Crippen molar-refractivity contribution >= 4 is 15.9 Å². The van der Waals surface area contributed by atoms with Crippen molar-refractivity contribution in [2.24, 2.45) is 5.92 Å². The van der Waals surface area contributed by atoms with Crippen LogP contribution in [0.5, 0.6) is 0 Å². The molecular weight excluding hydrogens is 320 g/mol. The smallest absolute Gasteiger partial charge is 0.265 e. The zero-order valence-electron chi connectivity index (χ0n) is 12.0. The van der Waals surface area contributed by atoms with E-state index in [0.29, 0.717) is 16.2 Å². The monoisotopic (exact) mass is 338 g/mol. The van der Waals surface area contributed by atoms with Crippen molar-refractivity contribution in [3.63, 3.8) is 0 Å². The van der Waals surface area contributed by atoms with Crippen molar-refractivity contribution in [2.45, 2.75) is 40.2 Å². The number of hydrogen-bond donors (Lipinski definition) is 1. The van der Waals surface area contributed by atoms with E-state index in [9.17, 15) is 4.79 Å². The molecule has 0 radical (unpaired) electrons. The molecule has 2 rings (SSSR count). The topological polar surface area (TPSA) is 63.6 Å². The number of nitrogens with one attached hydrogen (secondary N) is 1. The molecule has 0 atom stereocenters. The highest BCUT2D eigenvalue weighted by molar-refractivity contribution is 9.10. The normalized spacial score (nSPS) is 11.2. The van der Waals surface area contributed by atoms with Crippen molar-refractivity contribution < 1.29 is 0 Å². The van der Waals surface area contributed by atoms with Gasteiger partial charge >= 0.3 is 0 Å². The van der Waals surface area contributed by atoms with Gasteiger partial charge in [0.05, 0.1) is 5.69 Å². The van der Waals surface area contributed by atoms with Crippen LogP contribution >= 0.6 is 15.9 Å². The first-order chi connectivity index (χ1) is 9.52. The Morgan fingerprint density at radius 2 is 2.20 bits per heavy atom. The van der Waals surface area contributed by atoms with Gasteiger partial charge in [-0.15, -0.1) is 0 Å². The molecule has 0 unspecified atom stereocenters. The summed E-state index contributed by atoms with van der Waals surface area (Å²) in [5.41, 5.74) is 1.50. The number of aromatic amines is 1. The molecule has 0 aliphatic carbocycles. The predicted molar refractivity (Wildman–Crippen MR) is 82.6 cm³/mol. The summed E-state index contributed by atoms with van der Waals surface area (Å²) < 4.78 is 2.39. The van der Waals surface area contributed by atoms with E-state index in [-0.39, 0.29) is 5.56 Å². The maximum absolute atomic E-state index is 12.0. The largest absolute Gasteiger partial charge is 0.304 e. The maximum Gasteiger partial charge on any atom is 0.265 e. The highest BCUT2D eigenvalue weighted by Crippen LogP contribution is 2.19. The Morgan fingerprint density at radius 3 is 2.85 bits per heavy atom. The van der Waals surface area contributed by atoms with Crippen LogP contribution in [0, 0.1) is 5.92 Å². The van der Waals surface area contributed by atoms with E-state index in [4.69, 9.17) is 0 Å². The molecule has 0 fully saturated rings. The molecule has 1 N–H and O–H groups in total. The van der Waals surface area contributed by atoms with Gasteiger partial charge in [0.2, 0.25) is 0 Å². The number of rotatable bonds is 5. The van der Waals surface area contributed by atoms with Crippen LogP contribution in [0.3, 0.4) is 0 Å². The van der Waals surface area contributed by atoms with Gasteiger partial charge in [-0.2, -0.15) is 5.10 Å². The Morgan fingerprint density at radius 1 is 1.45 bits per heavy atom. The average Bonchev–Trinajstić information content (AvgIpc) is 2.83. The standard InChI is InChI=1S/C14H19BrN4O/c1-4-7-19-11(5-6-16-19)13-17-10(8-9(2)3)12(15)14(20)18-13/h5-6,9H,4,7-8H2,1-3H3,(H,17,18,20). The van der Waals surface area contributed by atoms with E-state index in [1.165, 1.54) is 0 Å². The van der Waals surface area contributed by atoms with E-state index in [2.05, 4.69) is 51.8 Å². The SMILES string of the molecule is CCCn1nccc1-c1nc(CC(C)C)c(Br)c(=O)[nH]1. The minimum Gasteiger partial charge on any atom is -0.304 e. The fraction of sp³-hybridized carbons (Fsp3) is 0.500. The van der Waals surface area contributed by atoms with Crippen LogP contribution in [0.1, 0.15) is 32.9 Å². The number of halogens is 1. The summed E-state index contributed by atoms with van der Waals surface area (Å²) in [7, 11) is 0. The molecule has 0 aliphatic rings. The third kappa shape index (κ3) is 3.17. The summed E-state index contributed by atoms with van der Waals surface area (Å²) >= 11 is 3.33. The van der Waals surface area contributed by atoms with Crippen LogP contribution in [0.15, 0.2) is 21.5 Å². The number of hydrogen-bond acceptors (Lipinski definition) is 3. The summed E-state index contributed by atoms with van der Waals surface area (Å²) in [4.78, 5) is 19.4. The summed E-state index contributed by atoms with van der Waals surface area (Å²) in [6, 6.07) is 1.88. The minimum absolute atomic E-state index is 0.144. The van der Waals surface area contributed by atoms with Gasteiger partial charge in [0.25, 0.3) is 5.56 Å². The first-order valence-corrected chi connectivity index (χ1v) is 7.63. The first kappa shape index (κ1) is 15.0. The van der Waals surface area contributed by atoms with Gasteiger partial charge in [0.1, 0.15) is 10.2 Å². The molecule has 0 aromatic carbocycles. The molecule has 2 heterocycles. The molecule has 6 heteroatoms. The highest BCUT2D eigenvalue weighted by Gasteiger charge is 2.14. The third-order valence-electron chi connectivity index (χ3n) is 2.93. The molecule has 0 bridgehead atoms. The van der Waals surface area contributed by atoms with Crippen LogP contribution in [0.4, 0.5) is 0 Å². The highest BCUT2D eigenvalue weighted by atomic mass is 79.9. The second-order valence-electron chi connectivity index (χ2n) is 5.21. The van der Waals surface area contributed by atoms with E-state index < -0.39 is 0 Å². The quantitative estimate of drug-likeness (QED) is 0.911. The van der Waals surface area contributed by atoms with Crippen LogP contribution in [-0.4, -0.2) is 19.7 Å². The Kier molecular flexibility index (Phi) is 4.75. The molecule has 0 saturated heterocycles. The number of nitrogens with zero attached hydrogens (tertiary/aromatic N) is 3. The summed E-state index contributed by atoms with van der Waals surface area (Å²) in [5.74, 6) is 1.02. The zero-order chi connectivity index (χ0) is 14.7. The van der Waals surface area contributed by atoms with Gasteiger partial charge in [-0.3, -0.25) is 9.48 Å². The second kappa shape index (κ2) is 6.35. The lowest BCUT2D eigenvalue weighted by atomic mass is 10.1. The predicted octanol–water partition coefficient (Wildman–Crippen LogP) is 3.00. The minimum atomic E-state index is -0.144. The summed E-state index contributed by atoms with van der Waals surface area (Å²) in [5, 5.41) is 4.27. The van der Waals surface area contributed by atoms with Crippen LogP contribution in [0.25, 0.3) is 11.5 Å². The van der Waals surface area contributed by atoms with Crippen LogP contribution < -0.4 is 5.56 Å². The van der Waals surface area contributed by atoms with Gasteiger partial charge < -0.3 is 4.98 Å². The first-order valence-electron chi connectivity index (χ1n) is 6.83. The van der Waals surface area contributed by atoms with Gasteiger partial charge in [0.15, 0.2) is 5.82 Å². The Labute approximate surface area is 126 Å². The summed E-state index contributed by atoms with van der Waals surface area (Å²) in [6.07, 6.45) is 3.48. The number of aryl methyl sites for hydroxylation is 1. The fourth-order valence-corrected chi connectivity index (χ4v) is 2.42. The Hall–Kier alpha value is -1.43. The van der Waals surface area contributed by atoms with Crippen molar-refractivity contribution in [1.82, 2.24) is 19.7 Å². The van der Waals surface area contributed by atoms with E-state index in [1.54, 1.807) is 6.20 Å². The molecule has 0 saturated carbocycles. The van der Waals surface area contributed by atoms with Gasteiger partial charge in [-0.1, -0.05) is 20.8 Å². The molecule has 2 aromatic rings. The van der Waals surface area contributed by atoms with Gasteiger partial charge in [-0.05, 0) is 40.8 Å². The van der Waals surface area contributed by atoms with E-state index in [1.807, 2.05) is 10.7 Å². The molecule has 0 spiro atoms. The van der Waals surface area contributed by atoms with Gasteiger partial charge in [0, 0.05) is 12.7 Å². The lowest BCUT2D eigenvalue weighted by Crippen LogP contribution is -2.16. The fourth-order valence-electron chi connectivity index (χ4n) is 2.07. The third-order valence-corrected chi connectivity index (χ3v) is 3.75. The van der Waals surface area contributed by atoms with E-state index in [0.717, 1.165) is 30.8 Å². The molecule has 0 aliphatic heterocycles. The molecule has 20 heavy (non-hydrogen) atoms. The van der Waals surface area contributed by atoms with Crippen molar-refractivity contribution in [1.29, 1.82) is 0 Å². The summed E-state index contributed by atoms with van der Waals surface area (Å²) in [6.45, 7) is 7.11.